The molecule has 0 saturated heterocycles. The smallest absolute Gasteiger partial charge is 0.273 e. The van der Waals surface area contributed by atoms with E-state index in [1.807, 2.05) is 19.1 Å². The van der Waals surface area contributed by atoms with Crippen LogP contribution in [-0.2, 0) is 14.8 Å². The molecular weight excluding hydrogens is 490 g/mol. The Balaban J connectivity index is 2.01. The molecule has 0 aliphatic carbocycles. The Hall–Kier alpha value is -3.57. The van der Waals surface area contributed by atoms with Crippen LogP contribution < -0.4 is 14.4 Å². The van der Waals surface area contributed by atoms with Gasteiger partial charge in [0, 0.05) is 16.5 Å². The molecule has 184 valence electrons. The number of nitro groups is 1. The van der Waals surface area contributed by atoms with Gasteiger partial charge < -0.3 is 10.1 Å². The van der Waals surface area contributed by atoms with Crippen molar-refractivity contribution in [2.75, 3.05) is 29.0 Å². The minimum atomic E-state index is -4.33. The molecule has 0 radical (unpaired) electrons. The number of thioether (sulfide) groups is 1. The first-order chi connectivity index (χ1) is 16.7. The summed E-state index contributed by atoms with van der Waals surface area (Å²) in [5, 5.41) is 14.2. The SMILES string of the molecule is CCSc1ccccc1NC(=O)CN(c1ccc(OC)cc1)S(=O)(=O)c1ccc(C)c([N+](=O)[O-])c1. The molecule has 0 aliphatic heterocycles. The predicted molar refractivity (Wildman–Crippen MR) is 137 cm³/mol. The fourth-order valence-electron chi connectivity index (χ4n) is 3.31. The molecule has 3 aromatic carbocycles. The number of nitro benzene ring substituents is 1. The lowest BCUT2D eigenvalue weighted by molar-refractivity contribution is -0.385. The van der Waals surface area contributed by atoms with E-state index in [1.54, 1.807) is 36.0 Å². The van der Waals surface area contributed by atoms with E-state index in [9.17, 15) is 23.3 Å². The summed E-state index contributed by atoms with van der Waals surface area (Å²) in [6.07, 6.45) is 0. The zero-order valence-corrected chi connectivity index (χ0v) is 21.1. The van der Waals surface area contributed by atoms with E-state index in [0.29, 0.717) is 17.0 Å². The number of nitrogens with zero attached hydrogens (tertiary/aromatic N) is 2. The Labute approximate surface area is 208 Å². The number of nitrogens with one attached hydrogen (secondary N) is 1. The Morgan fingerprint density at radius 3 is 2.43 bits per heavy atom. The van der Waals surface area contributed by atoms with Crippen LogP contribution in [0.5, 0.6) is 5.75 Å². The predicted octanol–water partition coefficient (Wildman–Crippen LogP) is 4.86. The number of sulfonamides is 1. The monoisotopic (exact) mass is 515 g/mol. The number of ether oxygens (including phenoxy) is 1. The van der Waals surface area contributed by atoms with Gasteiger partial charge in [0.15, 0.2) is 0 Å². The highest BCUT2D eigenvalue weighted by atomic mass is 32.2. The molecule has 0 spiro atoms. The Kier molecular flexibility index (Phi) is 8.36. The lowest BCUT2D eigenvalue weighted by Gasteiger charge is -2.24. The van der Waals surface area contributed by atoms with Gasteiger partial charge in [-0.15, -0.1) is 11.8 Å². The van der Waals surface area contributed by atoms with E-state index < -0.39 is 27.4 Å². The van der Waals surface area contributed by atoms with Crippen LogP contribution in [0, 0.1) is 17.0 Å². The number of benzene rings is 3. The fourth-order valence-corrected chi connectivity index (χ4v) is 5.51. The molecule has 0 bridgehead atoms. The topological polar surface area (TPSA) is 119 Å². The highest BCUT2D eigenvalue weighted by Crippen LogP contribution is 2.30. The van der Waals surface area contributed by atoms with Crippen molar-refractivity contribution in [3.63, 3.8) is 0 Å². The number of carbonyl (C=O) groups is 1. The summed E-state index contributed by atoms with van der Waals surface area (Å²) >= 11 is 1.55. The summed E-state index contributed by atoms with van der Waals surface area (Å²) in [5.74, 6) is 0.744. The number of carbonyl (C=O) groups excluding carboxylic acids is 1. The maximum Gasteiger partial charge on any atom is 0.273 e. The van der Waals surface area contributed by atoms with E-state index >= 15 is 0 Å². The Morgan fingerprint density at radius 1 is 1.11 bits per heavy atom. The van der Waals surface area contributed by atoms with Crippen LogP contribution >= 0.6 is 11.8 Å². The van der Waals surface area contributed by atoms with E-state index in [4.69, 9.17) is 4.74 Å². The Bertz CT molecular complexity index is 1330. The number of methoxy groups -OCH3 is 1. The van der Waals surface area contributed by atoms with Gasteiger partial charge in [-0.25, -0.2) is 8.42 Å². The standard InChI is InChI=1S/C24H25N3O6S2/c1-4-34-23-8-6-5-7-21(23)25-24(28)16-26(18-10-12-19(33-3)13-11-18)35(31,32)20-14-9-17(2)22(15-20)27(29)30/h5-15H,4,16H2,1-3H3,(H,25,28). The van der Waals surface area contributed by atoms with Gasteiger partial charge >= 0.3 is 0 Å². The highest BCUT2D eigenvalue weighted by molar-refractivity contribution is 7.99. The van der Waals surface area contributed by atoms with Crippen molar-refractivity contribution in [2.45, 2.75) is 23.6 Å². The second-order valence-corrected chi connectivity index (χ2v) is 10.6. The number of hydrogen-bond donors (Lipinski definition) is 1. The van der Waals surface area contributed by atoms with Crippen molar-refractivity contribution in [1.29, 1.82) is 0 Å². The van der Waals surface area contributed by atoms with Gasteiger partial charge in [0.2, 0.25) is 5.91 Å². The normalized spacial score (nSPS) is 11.1. The second-order valence-electron chi connectivity index (χ2n) is 7.39. The molecule has 0 heterocycles. The van der Waals surface area contributed by atoms with Crippen LogP contribution in [0.2, 0.25) is 0 Å². The number of amides is 1. The maximum absolute atomic E-state index is 13.6. The third kappa shape index (κ3) is 6.11. The van der Waals surface area contributed by atoms with Gasteiger partial charge in [-0.3, -0.25) is 19.2 Å². The number of aryl methyl sites for hydroxylation is 1. The van der Waals surface area contributed by atoms with Crippen LogP contribution in [0.25, 0.3) is 0 Å². The molecule has 3 rings (SSSR count). The van der Waals surface area contributed by atoms with Crippen molar-refractivity contribution in [3.05, 3.63) is 82.4 Å². The zero-order valence-electron chi connectivity index (χ0n) is 19.4. The second kappa shape index (κ2) is 11.2. The summed E-state index contributed by atoms with van der Waals surface area (Å²) in [4.78, 5) is 24.3. The minimum absolute atomic E-state index is 0.209. The van der Waals surface area contributed by atoms with Gasteiger partial charge in [0.05, 0.1) is 28.3 Å². The van der Waals surface area contributed by atoms with Crippen molar-refractivity contribution < 1.29 is 22.9 Å². The van der Waals surface area contributed by atoms with Crippen molar-refractivity contribution in [1.82, 2.24) is 0 Å². The minimum Gasteiger partial charge on any atom is -0.497 e. The summed E-state index contributed by atoms with van der Waals surface area (Å²) in [5.41, 5.74) is 0.784. The highest BCUT2D eigenvalue weighted by Gasteiger charge is 2.29. The summed E-state index contributed by atoms with van der Waals surface area (Å²) in [7, 11) is -2.85. The number of anilines is 2. The van der Waals surface area contributed by atoms with E-state index in [1.165, 1.54) is 38.3 Å². The lowest BCUT2D eigenvalue weighted by Crippen LogP contribution is -2.38. The molecule has 0 aliphatic rings. The molecule has 35 heavy (non-hydrogen) atoms. The molecule has 0 fully saturated rings. The first-order valence-corrected chi connectivity index (χ1v) is 13.0. The van der Waals surface area contributed by atoms with Crippen LogP contribution in [-0.4, -0.2) is 38.7 Å². The molecular formula is C24H25N3O6S2. The largest absolute Gasteiger partial charge is 0.497 e. The molecule has 1 amide bonds. The molecule has 9 nitrogen and oxygen atoms in total. The average Bonchev–Trinajstić information content (AvgIpc) is 2.84. The average molecular weight is 516 g/mol. The summed E-state index contributed by atoms with van der Waals surface area (Å²) in [6, 6.07) is 17.1. The molecule has 0 unspecified atom stereocenters. The number of hydrogen-bond acceptors (Lipinski definition) is 7. The molecule has 0 aromatic heterocycles. The van der Waals surface area contributed by atoms with Crippen molar-refractivity contribution in [3.8, 4) is 5.75 Å². The van der Waals surface area contributed by atoms with E-state index in [-0.39, 0.29) is 16.3 Å². The summed E-state index contributed by atoms with van der Waals surface area (Å²) < 4.78 is 33.3. The summed E-state index contributed by atoms with van der Waals surface area (Å²) in [6.45, 7) is 2.97. The Morgan fingerprint density at radius 2 is 1.80 bits per heavy atom. The van der Waals surface area contributed by atoms with Gasteiger partial charge in [-0.1, -0.05) is 25.1 Å². The third-order valence-corrected chi connectivity index (χ3v) is 7.80. The van der Waals surface area contributed by atoms with Crippen LogP contribution in [0.3, 0.4) is 0 Å². The number of rotatable bonds is 10. The third-order valence-electron chi connectivity index (χ3n) is 5.07. The number of para-hydroxylation sites is 1. The lowest BCUT2D eigenvalue weighted by atomic mass is 10.2. The van der Waals surface area contributed by atoms with Gasteiger partial charge in [0.1, 0.15) is 12.3 Å². The molecule has 11 heteroatoms. The van der Waals surface area contributed by atoms with Crippen LogP contribution in [0.15, 0.2) is 76.5 Å². The van der Waals surface area contributed by atoms with Crippen LogP contribution in [0.4, 0.5) is 17.1 Å². The maximum atomic E-state index is 13.6. The first kappa shape index (κ1) is 26.0. The zero-order chi connectivity index (χ0) is 25.6. The van der Waals surface area contributed by atoms with Crippen LogP contribution in [0.1, 0.15) is 12.5 Å². The molecule has 1 N–H and O–H groups in total. The van der Waals surface area contributed by atoms with E-state index in [0.717, 1.165) is 21.0 Å². The first-order valence-electron chi connectivity index (χ1n) is 10.6. The van der Waals surface area contributed by atoms with E-state index in [2.05, 4.69) is 5.32 Å². The van der Waals surface area contributed by atoms with Crippen molar-refractivity contribution in [2.24, 2.45) is 0 Å². The quantitative estimate of drug-likeness (QED) is 0.233. The molecule has 3 aromatic rings. The van der Waals surface area contributed by atoms with Crippen molar-refractivity contribution >= 4 is 44.8 Å². The van der Waals surface area contributed by atoms with Gasteiger partial charge in [0.25, 0.3) is 15.7 Å². The van der Waals surface area contributed by atoms with Gasteiger partial charge in [-0.05, 0) is 55.1 Å². The fraction of sp³-hybridized carbons (Fsp3) is 0.208. The molecule has 0 saturated carbocycles. The molecule has 0 atom stereocenters. The van der Waals surface area contributed by atoms with Gasteiger partial charge in [-0.2, -0.15) is 0 Å².